The molecule has 0 saturated heterocycles. The first-order chi connectivity index (χ1) is 14.7. The van der Waals surface area contributed by atoms with Gasteiger partial charge in [0, 0.05) is 0 Å². The number of Topliss-reactive ketones (excluding diaryl/α,β-unsaturated/α-hetero) is 1. The topological polar surface area (TPSA) is 72.8 Å². The van der Waals surface area contributed by atoms with E-state index in [2.05, 4.69) is 4.74 Å². The van der Waals surface area contributed by atoms with Crippen molar-refractivity contribution in [2.45, 2.75) is 19.3 Å². The molecule has 12 heteroatoms. The van der Waals surface area contributed by atoms with E-state index in [4.69, 9.17) is 21.4 Å². The van der Waals surface area contributed by atoms with E-state index >= 15 is 0 Å². The average molecular weight is 489 g/mol. The quantitative estimate of drug-likeness (QED) is 0.350. The van der Waals surface area contributed by atoms with Crippen LogP contribution in [0.25, 0.3) is 0 Å². The van der Waals surface area contributed by atoms with Crippen LogP contribution in [0.3, 0.4) is 0 Å². The first kappa shape index (κ1) is 29.1. The molecule has 0 atom stereocenters. The molecule has 5 nitrogen and oxygen atoms in total. The Morgan fingerprint density at radius 1 is 0.938 bits per heavy atom. The standard InChI is InChI=1S/C10H9F3O2.C7H5F3O.C3H5ClO2/c1-7(14)6-15-9-4-2-3-8(5-9)10(11,12)13;8-7(9,10)5-2-1-3-6(11)4-5;1-6-3(5)2-4/h2-5H,6H2,1H3;1-4,11H;2H2,1H3. The summed E-state index contributed by atoms with van der Waals surface area (Å²) in [5.41, 5.74) is -1.62. The lowest BCUT2D eigenvalue weighted by molar-refractivity contribution is -0.138. The first-order valence-electron chi connectivity index (χ1n) is 8.49. The summed E-state index contributed by atoms with van der Waals surface area (Å²) < 4.78 is 81.3. The predicted octanol–water partition coefficient (Wildman–Crippen LogP) is 5.48. The van der Waals surface area contributed by atoms with Gasteiger partial charge in [-0.3, -0.25) is 9.59 Å². The second-order valence-corrected chi connectivity index (χ2v) is 6.04. The number of hydrogen-bond acceptors (Lipinski definition) is 5. The highest BCUT2D eigenvalue weighted by molar-refractivity contribution is 6.26. The number of hydrogen-bond donors (Lipinski definition) is 1. The van der Waals surface area contributed by atoms with E-state index < -0.39 is 29.4 Å². The van der Waals surface area contributed by atoms with Crippen LogP contribution in [0.15, 0.2) is 48.5 Å². The van der Waals surface area contributed by atoms with Crippen molar-refractivity contribution in [2.24, 2.45) is 0 Å². The Morgan fingerprint density at radius 3 is 1.78 bits per heavy atom. The summed E-state index contributed by atoms with van der Waals surface area (Å²) in [5, 5.41) is 8.68. The van der Waals surface area contributed by atoms with Crippen molar-refractivity contribution in [2.75, 3.05) is 19.6 Å². The molecule has 178 valence electrons. The highest BCUT2D eigenvalue weighted by Gasteiger charge is 2.31. The number of ketones is 1. The first-order valence-corrected chi connectivity index (χ1v) is 9.02. The number of carbonyl (C=O) groups is 2. The molecule has 0 aliphatic heterocycles. The van der Waals surface area contributed by atoms with Gasteiger partial charge < -0.3 is 14.6 Å². The normalized spacial score (nSPS) is 10.7. The molecule has 0 amide bonds. The summed E-state index contributed by atoms with van der Waals surface area (Å²) in [7, 11) is 1.30. The van der Waals surface area contributed by atoms with E-state index in [9.17, 15) is 35.9 Å². The smallest absolute Gasteiger partial charge is 0.416 e. The monoisotopic (exact) mass is 488 g/mol. The fourth-order valence-corrected chi connectivity index (χ4v) is 1.79. The van der Waals surface area contributed by atoms with E-state index in [1.54, 1.807) is 0 Å². The minimum atomic E-state index is -4.39. The van der Waals surface area contributed by atoms with Crippen LogP contribution in [0.2, 0.25) is 0 Å². The van der Waals surface area contributed by atoms with Crippen molar-refractivity contribution in [1.29, 1.82) is 0 Å². The van der Waals surface area contributed by atoms with Gasteiger partial charge in [0.05, 0.1) is 18.2 Å². The number of benzene rings is 2. The van der Waals surface area contributed by atoms with Crippen molar-refractivity contribution in [3.05, 3.63) is 59.7 Å². The molecule has 0 aliphatic rings. The molecule has 0 radical (unpaired) electrons. The third kappa shape index (κ3) is 12.7. The molecule has 2 rings (SSSR count). The number of ether oxygens (including phenoxy) is 2. The summed E-state index contributed by atoms with van der Waals surface area (Å²) in [6.07, 6.45) is -8.77. The lowest BCUT2D eigenvalue weighted by atomic mass is 10.2. The van der Waals surface area contributed by atoms with Crippen molar-refractivity contribution in [3.63, 3.8) is 0 Å². The van der Waals surface area contributed by atoms with Crippen LogP contribution in [0.5, 0.6) is 11.5 Å². The van der Waals surface area contributed by atoms with Gasteiger partial charge in [0.1, 0.15) is 24.0 Å². The Morgan fingerprint density at radius 2 is 1.44 bits per heavy atom. The molecule has 0 heterocycles. The molecule has 2 aromatic carbocycles. The molecular formula is C20H19ClF6O5. The van der Waals surface area contributed by atoms with Crippen LogP contribution in [0.4, 0.5) is 26.3 Å². The number of rotatable bonds is 4. The maximum absolute atomic E-state index is 12.2. The van der Waals surface area contributed by atoms with E-state index in [1.807, 2.05) is 0 Å². The van der Waals surface area contributed by atoms with Gasteiger partial charge in [-0.1, -0.05) is 12.1 Å². The van der Waals surface area contributed by atoms with Gasteiger partial charge in [0.15, 0.2) is 5.78 Å². The average Bonchev–Trinajstić information content (AvgIpc) is 2.71. The van der Waals surface area contributed by atoms with Crippen LogP contribution in [0, 0.1) is 0 Å². The Kier molecular flexibility index (Phi) is 12.2. The Labute approximate surface area is 184 Å². The Hall–Kier alpha value is -2.95. The molecule has 0 bridgehead atoms. The number of phenols is 1. The fourth-order valence-electron chi connectivity index (χ4n) is 1.68. The lowest BCUT2D eigenvalue weighted by Gasteiger charge is -2.08. The minimum absolute atomic E-state index is 0.0417. The number of aromatic hydroxyl groups is 1. The second-order valence-electron chi connectivity index (χ2n) is 5.77. The molecule has 0 aliphatic carbocycles. The van der Waals surface area contributed by atoms with Crippen molar-refractivity contribution in [1.82, 2.24) is 0 Å². The summed E-state index contributed by atoms with van der Waals surface area (Å²) >= 11 is 4.98. The molecule has 0 saturated carbocycles. The SMILES string of the molecule is CC(=O)COc1cccc(C(F)(F)F)c1.COC(=O)CCl.Oc1cccc(C(F)(F)F)c1. The van der Waals surface area contributed by atoms with Gasteiger partial charge in [-0.25, -0.2) is 0 Å². The minimum Gasteiger partial charge on any atom is -0.508 e. The van der Waals surface area contributed by atoms with E-state index in [1.165, 1.54) is 32.2 Å². The Balaban J connectivity index is 0.000000496. The summed E-state index contributed by atoms with van der Waals surface area (Å²) in [5.74, 6) is -1.03. The molecule has 0 spiro atoms. The second kappa shape index (κ2) is 13.5. The maximum Gasteiger partial charge on any atom is 0.416 e. The van der Waals surface area contributed by atoms with Crippen molar-refractivity contribution >= 4 is 23.4 Å². The number of methoxy groups -OCH3 is 1. The summed E-state index contributed by atoms with van der Waals surface area (Å²) in [6.45, 7) is 1.08. The number of phenolic OH excluding ortho intramolecular Hbond substituents is 1. The predicted molar refractivity (Wildman–Crippen MR) is 103 cm³/mol. The molecular weight excluding hydrogens is 470 g/mol. The van der Waals surface area contributed by atoms with Gasteiger partial charge in [-0.05, 0) is 43.3 Å². The number of halogens is 7. The fraction of sp³-hybridized carbons (Fsp3) is 0.300. The van der Waals surface area contributed by atoms with Gasteiger partial charge >= 0.3 is 18.3 Å². The van der Waals surface area contributed by atoms with Gasteiger partial charge in [-0.2, -0.15) is 26.3 Å². The third-order valence-corrected chi connectivity index (χ3v) is 3.33. The number of esters is 1. The van der Waals surface area contributed by atoms with Crippen molar-refractivity contribution in [3.8, 4) is 11.5 Å². The number of alkyl halides is 7. The molecule has 2 aromatic rings. The zero-order valence-electron chi connectivity index (χ0n) is 16.8. The van der Waals surface area contributed by atoms with Crippen LogP contribution in [-0.4, -0.2) is 36.5 Å². The zero-order chi connectivity index (χ0) is 24.9. The summed E-state index contributed by atoms with van der Waals surface area (Å²) in [6, 6.07) is 8.34. The third-order valence-electron chi connectivity index (χ3n) is 3.11. The van der Waals surface area contributed by atoms with Crippen LogP contribution in [0.1, 0.15) is 18.1 Å². The van der Waals surface area contributed by atoms with Gasteiger partial charge in [-0.15, -0.1) is 11.6 Å². The zero-order valence-corrected chi connectivity index (χ0v) is 17.5. The molecule has 1 N–H and O–H groups in total. The highest BCUT2D eigenvalue weighted by atomic mass is 35.5. The van der Waals surface area contributed by atoms with Crippen molar-refractivity contribution < 1.29 is 50.5 Å². The maximum atomic E-state index is 12.2. The molecule has 0 unspecified atom stereocenters. The van der Waals surface area contributed by atoms with Crippen LogP contribution < -0.4 is 4.74 Å². The van der Waals surface area contributed by atoms with E-state index in [0.29, 0.717) is 6.07 Å². The molecule has 32 heavy (non-hydrogen) atoms. The summed E-state index contributed by atoms with van der Waals surface area (Å²) in [4.78, 5) is 20.4. The largest absolute Gasteiger partial charge is 0.508 e. The van der Waals surface area contributed by atoms with Crippen LogP contribution >= 0.6 is 11.6 Å². The van der Waals surface area contributed by atoms with Crippen LogP contribution in [-0.2, 0) is 26.7 Å². The lowest BCUT2D eigenvalue weighted by Crippen LogP contribution is -2.08. The molecule has 0 aromatic heterocycles. The van der Waals surface area contributed by atoms with E-state index in [0.717, 1.165) is 24.3 Å². The highest BCUT2D eigenvalue weighted by Crippen LogP contribution is 2.31. The van der Waals surface area contributed by atoms with Gasteiger partial charge in [0.2, 0.25) is 0 Å². The number of carbonyl (C=O) groups excluding carboxylic acids is 2. The Bertz CT molecular complexity index is 862. The van der Waals surface area contributed by atoms with Gasteiger partial charge in [0.25, 0.3) is 0 Å². The molecule has 0 fully saturated rings. The van der Waals surface area contributed by atoms with E-state index in [-0.39, 0.29) is 29.8 Å².